The van der Waals surface area contributed by atoms with Gasteiger partial charge in [-0.25, -0.2) is 0 Å². The largest absolute Gasteiger partial charge is 0.395 e. The molecule has 35 heavy (non-hydrogen) atoms. The summed E-state index contributed by atoms with van der Waals surface area (Å²) in [5.74, 6) is 0. The highest BCUT2D eigenvalue weighted by atomic mass is 16.3. The van der Waals surface area contributed by atoms with Gasteiger partial charge in [-0.3, -0.25) is 0 Å². The van der Waals surface area contributed by atoms with Gasteiger partial charge in [0.05, 0.1) is 30.5 Å². The van der Waals surface area contributed by atoms with E-state index in [1.54, 1.807) is 0 Å². The highest BCUT2D eigenvalue weighted by Gasteiger charge is 2.23. The Morgan fingerprint density at radius 3 is 2.11 bits per heavy atom. The monoisotopic (exact) mass is 464 g/mol. The van der Waals surface area contributed by atoms with E-state index in [0.29, 0.717) is 13.1 Å². The van der Waals surface area contributed by atoms with Crippen LogP contribution in [0.2, 0.25) is 0 Å². The molecule has 1 heterocycles. The van der Waals surface area contributed by atoms with Gasteiger partial charge in [0.15, 0.2) is 0 Å². The molecule has 3 N–H and O–H groups in total. The molecule has 0 aliphatic rings. The number of aliphatic hydroxyl groups is 2. The van der Waals surface area contributed by atoms with E-state index in [-0.39, 0.29) is 12.6 Å². The maximum atomic E-state index is 11.2. The summed E-state index contributed by atoms with van der Waals surface area (Å²) < 4.78 is 2.29. The van der Waals surface area contributed by atoms with Gasteiger partial charge < -0.3 is 20.1 Å². The molecule has 4 nitrogen and oxygen atoms in total. The third-order valence-corrected chi connectivity index (χ3v) is 6.80. The highest BCUT2D eigenvalue weighted by molar-refractivity contribution is 6.15. The molecule has 4 aromatic carbocycles. The molecule has 5 rings (SSSR count). The minimum absolute atomic E-state index is 0.0136. The minimum Gasteiger partial charge on any atom is -0.395 e. The Morgan fingerprint density at radius 1 is 0.771 bits per heavy atom. The van der Waals surface area contributed by atoms with Crippen molar-refractivity contribution in [3.05, 3.63) is 97.1 Å². The number of nitrogens with one attached hydrogen (secondary N) is 1. The summed E-state index contributed by atoms with van der Waals surface area (Å²) in [7, 11) is 0. The first-order chi connectivity index (χ1) is 17.2. The van der Waals surface area contributed by atoms with Crippen molar-refractivity contribution in [2.75, 3.05) is 13.2 Å². The molecule has 2 atom stereocenters. The first-order valence-corrected chi connectivity index (χ1v) is 12.4. The van der Waals surface area contributed by atoms with Crippen molar-refractivity contribution in [1.82, 2.24) is 9.88 Å². The summed E-state index contributed by atoms with van der Waals surface area (Å²) in [6.45, 7) is 2.95. The number of hydrogen-bond donors (Lipinski definition) is 3. The second kappa shape index (κ2) is 10.4. The van der Waals surface area contributed by atoms with Gasteiger partial charge in [0.2, 0.25) is 0 Å². The summed E-state index contributed by atoms with van der Waals surface area (Å²) in [4.78, 5) is 0. The topological polar surface area (TPSA) is 57.4 Å². The van der Waals surface area contributed by atoms with E-state index in [2.05, 4.69) is 94.8 Å². The number of nitrogens with zero attached hydrogens (tertiary/aromatic N) is 1. The van der Waals surface area contributed by atoms with Crippen LogP contribution in [0, 0.1) is 0 Å². The van der Waals surface area contributed by atoms with Gasteiger partial charge in [-0.05, 0) is 22.9 Å². The molecule has 0 amide bonds. The first kappa shape index (κ1) is 23.3. The maximum Gasteiger partial charge on any atom is 0.0843 e. The van der Waals surface area contributed by atoms with Crippen LogP contribution in [0.1, 0.15) is 13.3 Å². The van der Waals surface area contributed by atoms with Crippen molar-refractivity contribution in [2.24, 2.45) is 0 Å². The van der Waals surface area contributed by atoms with E-state index >= 15 is 0 Å². The van der Waals surface area contributed by atoms with Gasteiger partial charge in [0.1, 0.15) is 0 Å². The standard InChI is InChI=1S/C31H32N2O2/c1-2-25(21-34)32-19-26(35)20-33-30(24-14-7-4-8-15-24)29(23-12-5-3-6-13-23)28-18-17-22-11-9-10-16-27(22)31(28)33/h3-18,25-26,32,34-35H,2,19-21H2,1H3/t25-,26?/m1/s1. The fourth-order valence-corrected chi connectivity index (χ4v) is 5.01. The number of benzene rings is 4. The lowest BCUT2D eigenvalue weighted by Crippen LogP contribution is -2.39. The molecular formula is C31H32N2O2. The number of hydrogen-bond acceptors (Lipinski definition) is 3. The Balaban J connectivity index is 1.75. The fourth-order valence-electron chi connectivity index (χ4n) is 5.01. The molecule has 5 aromatic rings. The highest BCUT2D eigenvalue weighted by Crippen LogP contribution is 2.43. The van der Waals surface area contributed by atoms with E-state index in [1.165, 1.54) is 21.7 Å². The second-order valence-electron chi connectivity index (χ2n) is 9.10. The molecule has 0 spiro atoms. The SMILES string of the molecule is CC[C@H](CO)NCC(O)Cn1c(-c2ccccc2)c(-c2ccccc2)c2ccc3ccccc3c21. The Bertz CT molecular complexity index is 1410. The molecule has 0 saturated heterocycles. The minimum atomic E-state index is -0.615. The van der Waals surface area contributed by atoms with E-state index in [4.69, 9.17) is 0 Å². The molecule has 178 valence electrons. The van der Waals surface area contributed by atoms with Crippen molar-refractivity contribution >= 4 is 21.7 Å². The van der Waals surface area contributed by atoms with Crippen molar-refractivity contribution < 1.29 is 10.2 Å². The Labute approximate surface area is 206 Å². The summed E-state index contributed by atoms with van der Waals surface area (Å²) in [6, 6.07) is 33.8. The number of aromatic nitrogens is 1. The number of fused-ring (bicyclic) bond motifs is 3. The lowest BCUT2D eigenvalue weighted by atomic mass is 9.97. The van der Waals surface area contributed by atoms with Crippen LogP contribution in [0.5, 0.6) is 0 Å². The van der Waals surface area contributed by atoms with Crippen molar-refractivity contribution in [1.29, 1.82) is 0 Å². The predicted octanol–water partition coefficient (Wildman–Crippen LogP) is 5.85. The molecule has 1 aromatic heterocycles. The van der Waals surface area contributed by atoms with Crippen LogP contribution in [0.25, 0.3) is 44.1 Å². The molecule has 0 radical (unpaired) electrons. The van der Waals surface area contributed by atoms with E-state index in [9.17, 15) is 10.2 Å². The van der Waals surface area contributed by atoms with Gasteiger partial charge >= 0.3 is 0 Å². The van der Waals surface area contributed by atoms with Crippen LogP contribution < -0.4 is 5.32 Å². The summed E-state index contributed by atoms with van der Waals surface area (Å²) in [5, 5.41) is 27.6. The molecule has 0 fully saturated rings. The van der Waals surface area contributed by atoms with Crippen LogP contribution in [0.15, 0.2) is 97.1 Å². The Morgan fingerprint density at radius 2 is 1.43 bits per heavy atom. The zero-order valence-electron chi connectivity index (χ0n) is 20.1. The molecule has 0 bridgehead atoms. The van der Waals surface area contributed by atoms with Crippen molar-refractivity contribution in [3.63, 3.8) is 0 Å². The molecular weight excluding hydrogens is 432 g/mol. The summed E-state index contributed by atoms with van der Waals surface area (Å²) in [6.07, 6.45) is 0.199. The number of rotatable bonds is 9. The lowest BCUT2D eigenvalue weighted by Gasteiger charge is -2.20. The maximum absolute atomic E-state index is 11.2. The van der Waals surface area contributed by atoms with Crippen molar-refractivity contribution in [3.8, 4) is 22.4 Å². The smallest absolute Gasteiger partial charge is 0.0843 e. The zero-order chi connectivity index (χ0) is 24.2. The quantitative estimate of drug-likeness (QED) is 0.256. The van der Waals surface area contributed by atoms with Crippen LogP contribution in [-0.4, -0.2) is 40.1 Å². The van der Waals surface area contributed by atoms with Crippen molar-refractivity contribution in [2.45, 2.75) is 32.0 Å². The Hall–Kier alpha value is -3.44. The molecule has 0 saturated carbocycles. The number of aliphatic hydroxyl groups excluding tert-OH is 2. The zero-order valence-corrected chi connectivity index (χ0v) is 20.1. The van der Waals surface area contributed by atoms with E-state index < -0.39 is 6.10 Å². The molecule has 0 aliphatic heterocycles. The first-order valence-electron chi connectivity index (χ1n) is 12.4. The van der Waals surface area contributed by atoms with Crippen LogP contribution in [0.3, 0.4) is 0 Å². The molecule has 0 aliphatic carbocycles. The molecule has 4 heteroatoms. The summed E-state index contributed by atoms with van der Waals surface area (Å²) >= 11 is 0. The average molecular weight is 465 g/mol. The average Bonchev–Trinajstić information content (AvgIpc) is 3.24. The van der Waals surface area contributed by atoms with Gasteiger partial charge in [-0.1, -0.05) is 104 Å². The lowest BCUT2D eigenvalue weighted by molar-refractivity contribution is 0.141. The predicted molar refractivity (Wildman–Crippen MR) is 145 cm³/mol. The molecule has 1 unspecified atom stereocenters. The van der Waals surface area contributed by atoms with Gasteiger partial charge in [-0.2, -0.15) is 0 Å². The third kappa shape index (κ3) is 4.61. The fraction of sp³-hybridized carbons (Fsp3) is 0.226. The van der Waals surface area contributed by atoms with Crippen LogP contribution in [-0.2, 0) is 6.54 Å². The Kier molecular flexibility index (Phi) is 6.96. The second-order valence-corrected chi connectivity index (χ2v) is 9.10. The van der Waals surface area contributed by atoms with Crippen LogP contribution in [0.4, 0.5) is 0 Å². The van der Waals surface area contributed by atoms with Crippen LogP contribution >= 0.6 is 0 Å². The van der Waals surface area contributed by atoms with Gasteiger partial charge in [0.25, 0.3) is 0 Å². The summed E-state index contributed by atoms with van der Waals surface area (Å²) in [5.41, 5.74) is 5.70. The van der Waals surface area contributed by atoms with E-state index in [1.807, 2.05) is 19.1 Å². The van der Waals surface area contributed by atoms with Gasteiger partial charge in [-0.15, -0.1) is 0 Å². The van der Waals surface area contributed by atoms with Gasteiger partial charge in [0, 0.05) is 28.9 Å². The van der Waals surface area contributed by atoms with E-state index in [0.717, 1.165) is 28.8 Å². The normalized spacial score (nSPS) is 13.3. The third-order valence-electron chi connectivity index (χ3n) is 6.80.